The van der Waals surface area contributed by atoms with E-state index in [9.17, 15) is 8.42 Å². The van der Waals surface area contributed by atoms with E-state index in [0.29, 0.717) is 43.7 Å². The molecule has 8 nitrogen and oxygen atoms in total. The number of aliphatic imine (C=N–C) groups is 1. The lowest BCUT2D eigenvalue weighted by molar-refractivity contribution is 0.445. The van der Waals surface area contributed by atoms with E-state index in [0.717, 1.165) is 5.56 Å². The van der Waals surface area contributed by atoms with Crippen LogP contribution < -0.4 is 10.6 Å². The van der Waals surface area contributed by atoms with Gasteiger partial charge >= 0.3 is 0 Å². The molecule has 2 rings (SSSR count). The van der Waals surface area contributed by atoms with Crippen molar-refractivity contribution >= 4 is 40.0 Å². The normalized spacial score (nSPS) is 11.9. The first-order valence-electron chi connectivity index (χ1n) is 9.50. The van der Waals surface area contributed by atoms with Crippen LogP contribution >= 0.6 is 24.0 Å². The second kappa shape index (κ2) is 12.8. The zero-order chi connectivity index (χ0) is 20.4. The first-order chi connectivity index (χ1) is 13.5. The Hall–Kier alpha value is -1.66. The number of sulfonamides is 1. The van der Waals surface area contributed by atoms with E-state index in [4.69, 9.17) is 4.42 Å². The molecule has 0 saturated carbocycles. The van der Waals surface area contributed by atoms with Gasteiger partial charge < -0.3 is 15.1 Å². The third-order valence-electron chi connectivity index (χ3n) is 4.07. The number of oxazole rings is 1. The minimum Gasteiger partial charge on any atom is -0.444 e. The zero-order valence-corrected chi connectivity index (χ0v) is 20.2. The second-order valence-electron chi connectivity index (χ2n) is 6.03. The lowest BCUT2D eigenvalue weighted by Gasteiger charge is -2.19. The Labute approximate surface area is 190 Å². The predicted octanol–water partition coefficient (Wildman–Crippen LogP) is 2.69. The van der Waals surface area contributed by atoms with E-state index in [-0.39, 0.29) is 36.3 Å². The van der Waals surface area contributed by atoms with Crippen molar-refractivity contribution in [2.45, 2.75) is 27.3 Å². The van der Waals surface area contributed by atoms with Gasteiger partial charge in [0.1, 0.15) is 12.0 Å². The minimum absolute atomic E-state index is 0. The van der Waals surface area contributed by atoms with Crippen molar-refractivity contribution < 1.29 is 12.8 Å². The lowest BCUT2D eigenvalue weighted by atomic mass is 10.2. The quantitative estimate of drug-likeness (QED) is 0.276. The van der Waals surface area contributed by atoms with Gasteiger partial charge in [0.05, 0.1) is 12.3 Å². The Morgan fingerprint density at radius 3 is 2.45 bits per heavy atom. The van der Waals surface area contributed by atoms with Gasteiger partial charge in [-0.1, -0.05) is 32.0 Å². The summed E-state index contributed by atoms with van der Waals surface area (Å²) in [6.45, 7) is 7.85. The number of nitrogens with one attached hydrogen (secondary N) is 2. The van der Waals surface area contributed by atoms with Gasteiger partial charge in [-0.3, -0.25) is 0 Å². The van der Waals surface area contributed by atoms with Crippen LogP contribution in [-0.2, 0) is 16.6 Å². The molecule has 1 aromatic heterocycles. The van der Waals surface area contributed by atoms with Crippen LogP contribution in [0.15, 0.2) is 46.0 Å². The molecule has 10 heteroatoms. The monoisotopic (exact) mass is 535 g/mol. The third kappa shape index (κ3) is 7.94. The maximum Gasteiger partial charge on any atom is 0.226 e. The second-order valence-corrected chi connectivity index (χ2v) is 8.12. The fraction of sp³-hybridized carbons (Fsp3) is 0.474. The van der Waals surface area contributed by atoms with E-state index in [1.165, 1.54) is 4.31 Å². The highest BCUT2D eigenvalue weighted by atomic mass is 127. The smallest absolute Gasteiger partial charge is 0.226 e. The standard InChI is InChI=1S/C19H29N5O3S.HI/c1-4-20-19(21-12-13-28(25,26)24(5-2)6-3)22-14-17-15-27-18(23-17)16-10-8-7-9-11-16;/h7-11,15H,4-6,12-14H2,1-3H3,(H2,20,21,22);1H. The van der Waals surface area contributed by atoms with Crippen LogP contribution in [0.25, 0.3) is 11.5 Å². The van der Waals surface area contributed by atoms with E-state index < -0.39 is 10.0 Å². The summed E-state index contributed by atoms with van der Waals surface area (Å²) >= 11 is 0. The van der Waals surface area contributed by atoms with Gasteiger partial charge in [0.2, 0.25) is 15.9 Å². The van der Waals surface area contributed by atoms with Gasteiger partial charge in [-0.25, -0.2) is 22.7 Å². The number of aromatic nitrogens is 1. The summed E-state index contributed by atoms with van der Waals surface area (Å²) < 4.78 is 31.5. The molecule has 1 aromatic carbocycles. The van der Waals surface area contributed by atoms with Gasteiger partial charge in [-0.05, 0) is 19.1 Å². The van der Waals surface area contributed by atoms with E-state index in [1.54, 1.807) is 6.26 Å². The van der Waals surface area contributed by atoms with Crippen molar-refractivity contribution in [3.05, 3.63) is 42.3 Å². The summed E-state index contributed by atoms with van der Waals surface area (Å²) in [5.41, 5.74) is 1.61. The number of benzene rings is 1. The Morgan fingerprint density at radius 2 is 1.83 bits per heavy atom. The summed E-state index contributed by atoms with van der Waals surface area (Å²) in [6.07, 6.45) is 1.58. The first kappa shape index (κ1) is 25.4. The fourth-order valence-corrected chi connectivity index (χ4v) is 4.04. The molecule has 0 aliphatic rings. The predicted molar refractivity (Wildman–Crippen MR) is 127 cm³/mol. The van der Waals surface area contributed by atoms with Crippen LogP contribution in [0, 0.1) is 0 Å². The maximum absolute atomic E-state index is 12.3. The Kier molecular flexibility index (Phi) is 11.2. The first-order valence-corrected chi connectivity index (χ1v) is 11.1. The number of nitrogens with zero attached hydrogens (tertiary/aromatic N) is 3. The molecule has 0 bridgehead atoms. The van der Waals surface area contributed by atoms with E-state index in [2.05, 4.69) is 20.6 Å². The molecule has 0 aliphatic heterocycles. The Bertz CT molecular complexity index is 852. The minimum atomic E-state index is -3.27. The number of hydrogen-bond donors (Lipinski definition) is 2. The van der Waals surface area contributed by atoms with E-state index in [1.807, 2.05) is 51.1 Å². The molecule has 0 unspecified atom stereocenters. The van der Waals surface area contributed by atoms with Crippen LogP contribution in [0.2, 0.25) is 0 Å². The van der Waals surface area contributed by atoms with Crippen molar-refractivity contribution in [3.63, 3.8) is 0 Å². The van der Waals surface area contributed by atoms with Crippen LogP contribution in [-0.4, -0.2) is 55.6 Å². The molecule has 162 valence electrons. The molecule has 1 heterocycles. The summed E-state index contributed by atoms with van der Waals surface area (Å²) in [5.74, 6) is 1.11. The van der Waals surface area contributed by atoms with Gasteiger partial charge in [-0.2, -0.15) is 0 Å². The van der Waals surface area contributed by atoms with Gasteiger partial charge in [-0.15, -0.1) is 24.0 Å². The molecule has 0 aliphatic carbocycles. The van der Waals surface area contributed by atoms with Crippen molar-refractivity contribution in [2.75, 3.05) is 31.9 Å². The van der Waals surface area contributed by atoms with Crippen molar-refractivity contribution in [1.82, 2.24) is 19.9 Å². The summed E-state index contributed by atoms with van der Waals surface area (Å²) in [5, 5.41) is 6.17. The molecule has 0 atom stereocenters. The molecule has 2 aromatic rings. The molecular formula is C19H30IN5O3S. The van der Waals surface area contributed by atoms with Crippen LogP contribution in [0.1, 0.15) is 26.5 Å². The topological polar surface area (TPSA) is 99.8 Å². The SMILES string of the molecule is CCNC(=NCc1coc(-c2ccccc2)n1)NCCS(=O)(=O)N(CC)CC.I. The molecule has 0 amide bonds. The lowest BCUT2D eigenvalue weighted by Crippen LogP contribution is -2.42. The maximum atomic E-state index is 12.3. The highest BCUT2D eigenvalue weighted by Crippen LogP contribution is 2.18. The Morgan fingerprint density at radius 1 is 1.14 bits per heavy atom. The third-order valence-corrected chi connectivity index (χ3v) is 6.09. The van der Waals surface area contributed by atoms with Gasteiger partial charge in [0, 0.05) is 31.7 Å². The zero-order valence-electron chi connectivity index (χ0n) is 17.1. The summed E-state index contributed by atoms with van der Waals surface area (Å²) in [6, 6.07) is 9.65. The number of halogens is 1. The van der Waals surface area contributed by atoms with Crippen molar-refractivity contribution in [2.24, 2.45) is 4.99 Å². The molecule has 0 radical (unpaired) electrons. The molecule has 0 spiro atoms. The summed E-state index contributed by atoms with van der Waals surface area (Å²) in [7, 11) is -3.27. The summed E-state index contributed by atoms with van der Waals surface area (Å²) in [4.78, 5) is 8.90. The van der Waals surface area contributed by atoms with Crippen molar-refractivity contribution in [3.8, 4) is 11.5 Å². The highest BCUT2D eigenvalue weighted by molar-refractivity contribution is 14.0. The molecule has 0 saturated heterocycles. The molecule has 29 heavy (non-hydrogen) atoms. The largest absolute Gasteiger partial charge is 0.444 e. The van der Waals surface area contributed by atoms with Crippen LogP contribution in [0.4, 0.5) is 0 Å². The molecular weight excluding hydrogens is 505 g/mol. The van der Waals surface area contributed by atoms with Crippen molar-refractivity contribution in [1.29, 1.82) is 0 Å². The average Bonchev–Trinajstić information content (AvgIpc) is 3.16. The molecule has 0 fully saturated rings. The average molecular weight is 535 g/mol. The number of rotatable bonds is 10. The number of guanidine groups is 1. The van der Waals surface area contributed by atoms with Crippen LogP contribution in [0.3, 0.4) is 0 Å². The van der Waals surface area contributed by atoms with E-state index >= 15 is 0 Å². The fourth-order valence-electron chi connectivity index (χ4n) is 2.64. The molecule has 2 N–H and O–H groups in total. The van der Waals surface area contributed by atoms with Crippen LogP contribution in [0.5, 0.6) is 0 Å². The Balaban J connectivity index is 0.00000420. The van der Waals surface area contributed by atoms with Gasteiger partial charge in [0.25, 0.3) is 0 Å². The highest BCUT2D eigenvalue weighted by Gasteiger charge is 2.18. The number of hydrogen-bond acceptors (Lipinski definition) is 5. The van der Waals surface area contributed by atoms with Gasteiger partial charge in [0.15, 0.2) is 5.96 Å².